The van der Waals surface area contributed by atoms with Crippen molar-refractivity contribution in [3.8, 4) is 22.9 Å². The van der Waals surface area contributed by atoms with Crippen LogP contribution in [-0.4, -0.2) is 117 Å². The van der Waals surface area contributed by atoms with Gasteiger partial charge >= 0.3 is 12.5 Å². The van der Waals surface area contributed by atoms with Crippen LogP contribution in [0.25, 0.3) is 22.0 Å². The number of hydrogen-bond donors (Lipinski definition) is 3. The van der Waals surface area contributed by atoms with Crippen LogP contribution in [0.5, 0.6) is 11.6 Å². The summed E-state index contributed by atoms with van der Waals surface area (Å²) >= 11 is 0. The normalized spacial score (nSPS) is 25.0. The number of hydrogen-bond acceptors (Lipinski definition) is 12. The fourth-order valence-corrected chi connectivity index (χ4v) is 9.09. The second-order valence-electron chi connectivity index (χ2n) is 17.5. The number of sulfonamides is 1. The van der Waals surface area contributed by atoms with Crippen LogP contribution < -0.4 is 29.7 Å². The second-order valence-corrected chi connectivity index (χ2v) is 19.4. The van der Waals surface area contributed by atoms with Crippen molar-refractivity contribution in [3.63, 3.8) is 0 Å². The molecule has 0 spiro atoms. The number of alkyl carbamates (subject to hydrolysis) is 1. The average Bonchev–Trinajstić information content (AvgIpc) is 4.12. The Morgan fingerprint density at radius 1 is 1.03 bits per heavy atom. The van der Waals surface area contributed by atoms with E-state index >= 15 is 0 Å². The lowest BCUT2D eigenvalue weighted by Crippen LogP contribution is -2.58. The predicted molar refractivity (Wildman–Crippen MR) is 224 cm³/mol. The molecule has 2 aliphatic carbocycles. The molecule has 2 aromatic carbocycles. The molecule has 63 heavy (non-hydrogen) atoms. The summed E-state index contributed by atoms with van der Waals surface area (Å²) in [7, 11) is -0.267. The summed E-state index contributed by atoms with van der Waals surface area (Å²) in [6, 6.07) is 10.0. The standard InChI is InChI=1S/C43H51F3N6O10S/c1-41(2,3)62-40(56)48-33-9-7-19-59-18-6-8-27-23-42(27,39(55)50-63(57,58)31-15-16-31)49-36(53)35-22-30(24-52(35)38(33)54)60-37-32-17-12-28(51(4)5)20-26(32)21-34(47-37)25-10-13-29(14-11-25)61-43(44,45)46/h6,8,10-14,17,20-21,27,30-31,33,35H,7,9,15-16,18-19,22-24H2,1-5H3,(H,48,56)(H,49,53)(H,50,55)/b8-6-/t27-,30?,33+,35+,42-/m1/s1. The Hall–Kier alpha value is -5.63. The van der Waals surface area contributed by atoms with Crippen LogP contribution in [0.2, 0.25) is 0 Å². The number of benzene rings is 2. The number of carbonyl (C=O) groups excluding carboxylic acids is 4. The number of aromatic nitrogens is 1. The first-order chi connectivity index (χ1) is 29.6. The Bertz CT molecular complexity index is 2390. The number of rotatable bonds is 9. The Kier molecular flexibility index (Phi) is 12.6. The number of anilines is 1. The molecule has 5 atom stereocenters. The summed E-state index contributed by atoms with van der Waals surface area (Å²) in [5, 5.41) is 6.00. The molecule has 1 saturated heterocycles. The third-order valence-electron chi connectivity index (χ3n) is 11.1. The molecule has 20 heteroatoms. The maximum Gasteiger partial charge on any atom is 0.573 e. The number of nitrogens with zero attached hydrogens (tertiary/aromatic N) is 3. The van der Waals surface area contributed by atoms with Crippen molar-refractivity contribution in [1.82, 2.24) is 25.2 Å². The van der Waals surface area contributed by atoms with E-state index in [9.17, 15) is 40.8 Å². The molecule has 3 heterocycles. The number of nitrogens with one attached hydrogen (secondary N) is 3. The van der Waals surface area contributed by atoms with Gasteiger partial charge < -0.3 is 39.4 Å². The number of amides is 4. The van der Waals surface area contributed by atoms with E-state index in [0.29, 0.717) is 41.3 Å². The molecule has 340 valence electrons. The van der Waals surface area contributed by atoms with Crippen LogP contribution >= 0.6 is 0 Å². The van der Waals surface area contributed by atoms with Crippen LogP contribution in [0, 0.1) is 5.92 Å². The minimum atomic E-state index is -4.88. The van der Waals surface area contributed by atoms with Crippen LogP contribution in [0.4, 0.5) is 23.7 Å². The second kappa shape index (κ2) is 17.5. The van der Waals surface area contributed by atoms with E-state index in [1.54, 1.807) is 45.1 Å². The van der Waals surface area contributed by atoms with Crippen LogP contribution in [0.1, 0.15) is 59.3 Å². The topological polar surface area (TPSA) is 195 Å². The summed E-state index contributed by atoms with van der Waals surface area (Å²) < 4.78 is 88.7. The molecule has 1 unspecified atom stereocenters. The molecule has 3 N–H and O–H groups in total. The van der Waals surface area contributed by atoms with Crippen molar-refractivity contribution in [3.05, 3.63) is 60.7 Å². The van der Waals surface area contributed by atoms with E-state index < -0.39 is 86.4 Å². The van der Waals surface area contributed by atoms with E-state index in [0.717, 1.165) is 5.69 Å². The van der Waals surface area contributed by atoms with Gasteiger partial charge in [-0.1, -0.05) is 12.2 Å². The maximum absolute atomic E-state index is 14.7. The third kappa shape index (κ3) is 10.9. The van der Waals surface area contributed by atoms with Crippen molar-refractivity contribution < 1.29 is 59.7 Å². The first-order valence-electron chi connectivity index (χ1n) is 20.7. The molecule has 7 rings (SSSR count). The minimum Gasteiger partial charge on any atom is -0.472 e. The number of pyridine rings is 1. The van der Waals surface area contributed by atoms with E-state index in [1.807, 2.05) is 31.1 Å². The molecule has 2 saturated carbocycles. The van der Waals surface area contributed by atoms with E-state index in [1.165, 1.54) is 29.2 Å². The molecule has 4 aliphatic rings. The van der Waals surface area contributed by atoms with Crippen molar-refractivity contribution in [2.24, 2.45) is 5.92 Å². The van der Waals surface area contributed by atoms with Gasteiger partial charge in [0.25, 0.3) is 5.91 Å². The molecular weight excluding hydrogens is 850 g/mol. The van der Waals surface area contributed by atoms with Crippen LogP contribution in [-0.2, 0) is 33.9 Å². The molecule has 0 bridgehead atoms. The lowest BCUT2D eigenvalue weighted by atomic mass is 10.1. The first kappa shape index (κ1) is 45.4. The molecule has 16 nitrogen and oxygen atoms in total. The monoisotopic (exact) mass is 900 g/mol. The van der Waals surface area contributed by atoms with Crippen molar-refractivity contribution in [2.75, 3.05) is 38.8 Å². The van der Waals surface area contributed by atoms with Crippen LogP contribution in [0.15, 0.2) is 60.7 Å². The van der Waals surface area contributed by atoms with Crippen molar-refractivity contribution >= 4 is 50.3 Å². The van der Waals surface area contributed by atoms with Gasteiger partial charge in [0.2, 0.25) is 27.7 Å². The number of ether oxygens (including phenoxy) is 4. The fraction of sp³-hybridized carbons (Fsp3) is 0.512. The van der Waals surface area contributed by atoms with Gasteiger partial charge in [-0.15, -0.1) is 13.2 Å². The fourth-order valence-electron chi connectivity index (χ4n) is 7.72. The lowest BCUT2D eigenvalue weighted by molar-refractivity contribution is -0.274. The molecule has 4 amide bonds. The Morgan fingerprint density at radius 3 is 2.43 bits per heavy atom. The Balaban J connectivity index is 1.24. The highest BCUT2D eigenvalue weighted by Crippen LogP contribution is 2.46. The summed E-state index contributed by atoms with van der Waals surface area (Å²) in [5.74, 6) is -3.15. The Morgan fingerprint density at radius 2 is 1.76 bits per heavy atom. The van der Waals surface area contributed by atoms with E-state index in [2.05, 4.69) is 20.1 Å². The molecule has 3 fully saturated rings. The molecule has 2 aliphatic heterocycles. The lowest BCUT2D eigenvalue weighted by Gasteiger charge is -2.30. The molecule has 3 aromatic rings. The summed E-state index contributed by atoms with van der Waals surface area (Å²) in [6.45, 7) is 5.20. The van der Waals surface area contributed by atoms with Gasteiger partial charge in [-0.2, -0.15) is 0 Å². The largest absolute Gasteiger partial charge is 0.573 e. The van der Waals surface area contributed by atoms with Crippen LogP contribution in [0.3, 0.4) is 0 Å². The zero-order valence-corrected chi connectivity index (χ0v) is 36.3. The van der Waals surface area contributed by atoms with Gasteiger partial charge in [0, 0.05) is 49.7 Å². The quantitative estimate of drug-likeness (QED) is 0.245. The predicted octanol–water partition coefficient (Wildman–Crippen LogP) is 4.96. The molecular formula is C43H51F3N6O10S. The molecule has 1 aromatic heterocycles. The number of halogens is 3. The highest BCUT2D eigenvalue weighted by Gasteiger charge is 2.62. The van der Waals surface area contributed by atoms with Gasteiger partial charge in [-0.25, -0.2) is 18.2 Å². The van der Waals surface area contributed by atoms with Crippen molar-refractivity contribution in [2.45, 2.75) is 100 Å². The Labute approximate surface area is 362 Å². The van der Waals surface area contributed by atoms with Gasteiger partial charge in [0.15, 0.2) is 0 Å². The maximum atomic E-state index is 14.7. The van der Waals surface area contributed by atoms with E-state index in [4.69, 9.17) is 19.2 Å². The van der Waals surface area contributed by atoms with Gasteiger partial charge in [0.05, 0.1) is 24.1 Å². The van der Waals surface area contributed by atoms with Crippen molar-refractivity contribution in [1.29, 1.82) is 0 Å². The number of alkyl halides is 3. The third-order valence-corrected chi connectivity index (χ3v) is 12.9. The van der Waals surface area contributed by atoms with E-state index in [-0.39, 0.29) is 44.9 Å². The SMILES string of the molecule is CN(C)c1ccc2c(OC3C[C@H]4C(=O)N[C@]5(C(=O)NS(=O)(=O)C6CC6)C[C@H]5/C=C\COCCC[C@H](NC(=O)OC(C)(C)C)C(=O)N4C3)nc(-c3ccc(OC(F)(F)F)cc3)cc2c1. The van der Waals surface area contributed by atoms with Gasteiger partial charge in [-0.3, -0.25) is 19.1 Å². The summed E-state index contributed by atoms with van der Waals surface area (Å²) in [6.07, 6.45) is -2.00. The zero-order valence-electron chi connectivity index (χ0n) is 35.5. The summed E-state index contributed by atoms with van der Waals surface area (Å²) in [4.78, 5) is 64.1. The minimum absolute atomic E-state index is 0.0889. The highest BCUT2D eigenvalue weighted by molar-refractivity contribution is 7.91. The number of carbonyl (C=O) groups is 4. The molecule has 0 radical (unpaired) electrons. The van der Waals surface area contributed by atoms with Gasteiger partial charge in [-0.05, 0) is 107 Å². The smallest absolute Gasteiger partial charge is 0.472 e. The number of fused-ring (bicyclic) bond motifs is 3. The first-order valence-corrected chi connectivity index (χ1v) is 22.2. The average molecular weight is 901 g/mol. The summed E-state index contributed by atoms with van der Waals surface area (Å²) in [5.41, 5.74) is -0.913. The highest BCUT2D eigenvalue weighted by atomic mass is 32.2. The zero-order chi connectivity index (χ0) is 45.5. The van der Waals surface area contributed by atoms with Gasteiger partial charge in [0.1, 0.15) is 35.1 Å².